The summed E-state index contributed by atoms with van der Waals surface area (Å²) < 4.78 is 1.65. The van der Waals surface area contributed by atoms with Gasteiger partial charge < -0.3 is 0 Å². The summed E-state index contributed by atoms with van der Waals surface area (Å²) in [5.41, 5.74) is 1.77. The normalized spacial score (nSPS) is 10.9. The van der Waals surface area contributed by atoms with E-state index in [0.29, 0.717) is 9.36 Å². The molecular formula is C8H5Cl2NS. The van der Waals surface area contributed by atoms with Crippen LogP contribution in [0.3, 0.4) is 0 Å². The zero-order valence-corrected chi connectivity index (χ0v) is 8.59. The van der Waals surface area contributed by atoms with E-state index in [1.165, 1.54) is 11.3 Å². The van der Waals surface area contributed by atoms with Crippen molar-refractivity contribution in [2.75, 3.05) is 0 Å². The summed E-state index contributed by atoms with van der Waals surface area (Å²) in [5.74, 6) is 0. The van der Waals surface area contributed by atoms with Gasteiger partial charge in [0.2, 0.25) is 0 Å². The minimum Gasteiger partial charge on any atom is -0.251 e. The van der Waals surface area contributed by atoms with Crippen LogP contribution in [0.1, 0.15) is 5.69 Å². The first-order valence-corrected chi connectivity index (χ1v) is 4.97. The molecule has 0 radical (unpaired) electrons. The van der Waals surface area contributed by atoms with Crippen molar-refractivity contribution in [1.29, 1.82) is 0 Å². The maximum atomic E-state index is 5.93. The first kappa shape index (κ1) is 8.30. The molecule has 0 aromatic carbocycles. The van der Waals surface area contributed by atoms with Crippen molar-refractivity contribution in [2.24, 2.45) is 0 Å². The Morgan fingerprint density at radius 3 is 2.83 bits per heavy atom. The minimum atomic E-state index is 0.570. The Morgan fingerprint density at radius 2 is 2.08 bits per heavy atom. The number of hydrogen-bond donors (Lipinski definition) is 0. The standard InChI is InChI=1S/C8H5Cl2NS/c1-4-2-3-5-7(11-4)6(9)8(10)12-5/h2-3H,1H3. The molecule has 12 heavy (non-hydrogen) atoms. The second kappa shape index (κ2) is 2.87. The second-order valence-corrected chi connectivity index (χ2v) is 4.52. The van der Waals surface area contributed by atoms with Crippen LogP contribution in [0, 0.1) is 6.92 Å². The third-order valence-electron chi connectivity index (χ3n) is 1.58. The maximum Gasteiger partial charge on any atom is 0.114 e. The minimum absolute atomic E-state index is 0.570. The van der Waals surface area contributed by atoms with E-state index < -0.39 is 0 Å². The van der Waals surface area contributed by atoms with Gasteiger partial charge in [0, 0.05) is 5.69 Å². The van der Waals surface area contributed by atoms with Crippen LogP contribution >= 0.6 is 34.5 Å². The van der Waals surface area contributed by atoms with Crippen molar-refractivity contribution in [3.63, 3.8) is 0 Å². The molecule has 2 rings (SSSR count). The van der Waals surface area contributed by atoms with Crippen LogP contribution < -0.4 is 0 Å². The quantitative estimate of drug-likeness (QED) is 0.653. The van der Waals surface area contributed by atoms with Crippen molar-refractivity contribution in [3.05, 3.63) is 27.2 Å². The van der Waals surface area contributed by atoms with E-state index in [4.69, 9.17) is 23.2 Å². The highest BCUT2D eigenvalue weighted by Gasteiger charge is 2.08. The van der Waals surface area contributed by atoms with E-state index in [9.17, 15) is 0 Å². The number of rotatable bonds is 0. The zero-order chi connectivity index (χ0) is 8.72. The van der Waals surface area contributed by atoms with Crippen molar-refractivity contribution in [2.45, 2.75) is 6.92 Å². The molecule has 0 bridgehead atoms. The summed E-state index contributed by atoms with van der Waals surface area (Å²) >= 11 is 13.2. The van der Waals surface area contributed by atoms with E-state index in [1.807, 2.05) is 19.1 Å². The van der Waals surface area contributed by atoms with Crippen LogP contribution in [-0.2, 0) is 0 Å². The molecule has 0 spiro atoms. The Labute approximate surface area is 83.9 Å². The van der Waals surface area contributed by atoms with Gasteiger partial charge in [-0.05, 0) is 19.1 Å². The maximum absolute atomic E-state index is 5.93. The lowest BCUT2D eigenvalue weighted by atomic mass is 10.3. The number of nitrogens with zero attached hydrogens (tertiary/aromatic N) is 1. The van der Waals surface area contributed by atoms with Gasteiger partial charge >= 0.3 is 0 Å². The summed E-state index contributed by atoms with van der Waals surface area (Å²) in [6.45, 7) is 1.93. The predicted octanol–water partition coefficient (Wildman–Crippen LogP) is 3.91. The Kier molecular flexibility index (Phi) is 1.99. The monoisotopic (exact) mass is 217 g/mol. The van der Waals surface area contributed by atoms with Crippen LogP contribution in [0.4, 0.5) is 0 Å². The SMILES string of the molecule is Cc1ccc2sc(Cl)c(Cl)c2n1. The van der Waals surface area contributed by atoms with Gasteiger partial charge in [-0.3, -0.25) is 4.98 Å². The van der Waals surface area contributed by atoms with Gasteiger partial charge in [0.05, 0.1) is 9.72 Å². The lowest BCUT2D eigenvalue weighted by Gasteiger charge is -1.91. The second-order valence-electron chi connectivity index (χ2n) is 2.49. The summed E-state index contributed by atoms with van der Waals surface area (Å²) in [5, 5.41) is 0.570. The fraction of sp³-hybridized carbons (Fsp3) is 0.125. The summed E-state index contributed by atoms with van der Waals surface area (Å²) in [4.78, 5) is 4.29. The summed E-state index contributed by atoms with van der Waals surface area (Å²) in [7, 11) is 0. The van der Waals surface area contributed by atoms with Gasteiger partial charge in [-0.25, -0.2) is 0 Å². The van der Waals surface area contributed by atoms with Crippen LogP contribution in [-0.4, -0.2) is 4.98 Å². The lowest BCUT2D eigenvalue weighted by molar-refractivity contribution is 1.26. The number of fused-ring (bicyclic) bond motifs is 1. The molecule has 0 atom stereocenters. The topological polar surface area (TPSA) is 12.9 Å². The van der Waals surface area contributed by atoms with Gasteiger partial charge in [0.1, 0.15) is 9.85 Å². The number of aryl methyl sites for hydroxylation is 1. The van der Waals surface area contributed by atoms with Crippen LogP contribution in [0.15, 0.2) is 12.1 Å². The first-order chi connectivity index (χ1) is 5.68. The number of halogens is 2. The molecular weight excluding hydrogens is 213 g/mol. The van der Waals surface area contributed by atoms with Crippen molar-refractivity contribution >= 4 is 44.8 Å². The molecule has 0 saturated carbocycles. The fourth-order valence-electron chi connectivity index (χ4n) is 1.02. The number of hydrogen-bond acceptors (Lipinski definition) is 2. The number of pyridine rings is 1. The molecule has 0 aliphatic heterocycles. The van der Waals surface area contributed by atoms with Gasteiger partial charge in [-0.2, -0.15) is 0 Å². The first-order valence-electron chi connectivity index (χ1n) is 3.39. The molecule has 0 aliphatic carbocycles. The Hall–Kier alpha value is -0.310. The van der Waals surface area contributed by atoms with E-state index in [1.54, 1.807) is 0 Å². The van der Waals surface area contributed by atoms with Crippen LogP contribution in [0.25, 0.3) is 10.2 Å². The molecule has 0 aliphatic rings. The highest BCUT2D eigenvalue weighted by atomic mass is 35.5. The highest BCUT2D eigenvalue weighted by Crippen LogP contribution is 2.37. The smallest absolute Gasteiger partial charge is 0.114 e. The molecule has 0 unspecified atom stereocenters. The summed E-state index contributed by atoms with van der Waals surface area (Å²) in [6, 6.07) is 3.94. The molecule has 2 aromatic heterocycles. The Balaban J connectivity index is 2.88. The molecule has 4 heteroatoms. The third kappa shape index (κ3) is 1.20. The van der Waals surface area contributed by atoms with E-state index >= 15 is 0 Å². The van der Waals surface area contributed by atoms with Crippen LogP contribution in [0.2, 0.25) is 9.36 Å². The summed E-state index contributed by atoms with van der Waals surface area (Å²) in [6.07, 6.45) is 0. The predicted molar refractivity (Wildman–Crippen MR) is 54.4 cm³/mol. The zero-order valence-electron chi connectivity index (χ0n) is 6.27. The molecule has 0 saturated heterocycles. The Bertz CT molecular complexity index is 436. The van der Waals surface area contributed by atoms with Crippen LogP contribution in [0.5, 0.6) is 0 Å². The van der Waals surface area contributed by atoms with Crippen molar-refractivity contribution < 1.29 is 0 Å². The van der Waals surface area contributed by atoms with Crippen molar-refractivity contribution in [3.8, 4) is 0 Å². The Morgan fingerprint density at radius 1 is 1.33 bits per heavy atom. The van der Waals surface area contributed by atoms with Gasteiger partial charge in [-0.1, -0.05) is 23.2 Å². The molecule has 1 nitrogen and oxygen atoms in total. The van der Waals surface area contributed by atoms with E-state index in [2.05, 4.69) is 4.98 Å². The average Bonchev–Trinajstić information content (AvgIpc) is 2.31. The van der Waals surface area contributed by atoms with E-state index in [-0.39, 0.29) is 0 Å². The molecule has 62 valence electrons. The van der Waals surface area contributed by atoms with Gasteiger partial charge in [0.15, 0.2) is 0 Å². The molecule has 2 heterocycles. The number of thiophene rings is 1. The molecule has 0 amide bonds. The van der Waals surface area contributed by atoms with E-state index in [0.717, 1.165) is 15.9 Å². The lowest BCUT2D eigenvalue weighted by Crippen LogP contribution is -1.78. The van der Waals surface area contributed by atoms with Crippen molar-refractivity contribution in [1.82, 2.24) is 4.98 Å². The number of aromatic nitrogens is 1. The van der Waals surface area contributed by atoms with Gasteiger partial charge in [0.25, 0.3) is 0 Å². The average molecular weight is 218 g/mol. The fourth-order valence-corrected chi connectivity index (χ4v) is 2.43. The molecule has 2 aromatic rings. The molecule has 0 N–H and O–H groups in total. The third-order valence-corrected chi connectivity index (χ3v) is 3.51. The largest absolute Gasteiger partial charge is 0.251 e. The highest BCUT2D eigenvalue weighted by molar-refractivity contribution is 7.23. The van der Waals surface area contributed by atoms with Gasteiger partial charge in [-0.15, -0.1) is 11.3 Å². The molecule has 0 fully saturated rings.